The zero-order chi connectivity index (χ0) is 19.2. The molecule has 2 aromatic heterocycles. The summed E-state index contributed by atoms with van der Waals surface area (Å²) < 4.78 is 1.44. The van der Waals surface area contributed by atoms with E-state index in [0.29, 0.717) is 11.0 Å². The third-order valence-corrected chi connectivity index (χ3v) is 6.08. The molecule has 2 heterocycles. The first-order chi connectivity index (χ1) is 13.0. The van der Waals surface area contributed by atoms with Crippen LogP contribution >= 0.6 is 23.1 Å². The van der Waals surface area contributed by atoms with Crippen molar-refractivity contribution in [3.63, 3.8) is 0 Å². The Bertz CT molecular complexity index is 864. The zero-order valence-corrected chi connectivity index (χ0v) is 17.0. The Hall–Kier alpha value is -2.32. The first-order valence-corrected chi connectivity index (χ1v) is 10.6. The number of nitrogens with two attached hydrogens (primary N) is 1. The average Bonchev–Trinajstić information content (AvgIpc) is 3.31. The number of carbonyl (C=O) groups excluding carboxylic acids is 1. The van der Waals surface area contributed by atoms with E-state index in [2.05, 4.69) is 27.6 Å². The summed E-state index contributed by atoms with van der Waals surface area (Å²) in [4.78, 5) is 13.4. The molecular formula is C19H23N5OS2. The van der Waals surface area contributed by atoms with Crippen LogP contribution in [0.25, 0.3) is 10.7 Å². The van der Waals surface area contributed by atoms with Gasteiger partial charge in [0.1, 0.15) is 0 Å². The minimum atomic E-state index is -0.313. The third kappa shape index (κ3) is 5.11. The van der Waals surface area contributed by atoms with Crippen LogP contribution in [-0.2, 0) is 11.2 Å². The normalized spacial score (nSPS) is 13.3. The molecule has 0 bridgehead atoms. The number of hydrogen-bond donors (Lipinski definition) is 2. The van der Waals surface area contributed by atoms with Gasteiger partial charge in [-0.25, -0.2) is 4.68 Å². The van der Waals surface area contributed by atoms with Gasteiger partial charge in [-0.1, -0.05) is 48.2 Å². The van der Waals surface area contributed by atoms with Gasteiger partial charge in [0.15, 0.2) is 5.82 Å². The maximum atomic E-state index is 12.5. The van der Waals surface area contributed by atoms with E-state index in [1.54, 1.807) is 11.3 Å². The smallest absolute Gasteiger partial charge is 0.233 e. The van der Waals surface area contributed by atoms with Gasteiger partial charge in [0.25, 0.3) is 0 Å². The van der Waals surface area contributed by atoms with Crippen LogP contribution in [0.5, 0.6) is 0 Å². The number of nitrogens with zero attached hydrogens (tertiary/aromatic N) is 3. The fraction of sp³-hybridized carbons (Fsp3) is 0.316. The minimum absolute atomic E-state index is 0.0266. The minimum Gasteiger partial charge on any atom is -0.353 e. The molecule has 1 amide bonds. The number of aromatic nitrogens is 3. The van der Waals surface area contributed by atoms with E-state index in [4.69, 9.17) is 5.84 Å². The van der Waals surface area contributed by atoms with Crippen LogP contribution in [0.15, 0.2) is 53.0 Å². The highest BCUT2D eigenvalue weighted by atomic mass is 32.2. The first-order valence-electron chi connectivity index (χ1n) is 8.80. The van der Waals surface area contributed by atoms with Crippen molar-refractivity contribution in [3.05, 3.63) is 53.4 Å². The van der Waals surface area contributed by atoms with Crippen molar-refractivity contribution in [2.75, 3.05) is 5.84 Å². The van der Waals surface area contributed by atoms with Gasteiger partial charge in [-0.2, -0.15) is 0 Å². The number of carbonyl (C=O) groups is 1. The number of nitrogens with one attached hydrogen (secondary N) is 1. The molecule has 0 radical (unpaired) electrons. The summed E-state index contributed by atoms with van der Waals surface area (Å²) >= 11 is 2.86. The summed E-state index contributed by atoms with van der Waals surface area (Å²) in [6.45, 7) is 3.88. The van der Waals surface area contributed by atoms with Gasteiger partial charge in [0.05, 0.1) is 10.1 Å². The third-order valence-electron chi connectivity index (χ3n) is 4.16. The quantitative estimate of drug-likeness (QED) is 0.447. The van der Waals surface area contributed by atoms with Gasteiger partial charge in [-0.3, -0.25) is 4.79 Å². The first kappa shape index (κ1) is 19.4. The van der Waals surface area contributed by atoms with E-state index in [1.165, 1.54) is 22.0 Å². The van der Waals surface area contributed by atoms with E-state index in [-0.39, 0.29) is 17.2 Å². The van der Waals surface area contributed by atoms with Gasteiger partial charge in [0.2, 0.25) is 11.1 Å². The lowest BCUT2D eigenvalue weighted by Crippen LogP contribution is -2.38. The summed E-state index contributed by atoms with van der Waals surface area (Å²) in [5.74, 6) is 6.68. The largest absolute Gasteiger partial charge is 0.353 e. The molecule has 142 valence electrons. The molecule has 3 aromatic rings. The average molecular weight is 402 g/mol. The van der Waals surface area contributed by atoms with E-state index < -0.39 is 0 Å². The number of benzene rings is 1. The molecule has 0 saturated heterocycles. The molecule has 0 fully saturated rings. The Morgan fingerprint density at radius 1 is 1.22 bits per heavy atom. The van der Waals surface area contributed by atoms with Crippen molar-refractivity contribution in [1.29, 1.82) is 0 Å². The van der Waals surface area contributed by atoms with Crippen LogP contribution in [0, 0.1) is 0 Å². The second-order valence-corrected chi connectivity index (χ2v) is 8.60. The van der Waals surface area contributed by atoms with Crippen LogP contribution in [0.2, 0.25) is 0 Å². The number of thiophene rings is 1. The Morgan fingerprint density at radius 3 is 2.70 bits per heavy atom. The molecule has 1 aromatic carbocycles. The van der Waals surface area contributed by atoms with Crippen molar-refractivity contribution in [2.24, 2.45) is 0 Å². The summed E-state index contributed by atoms with van der Waals surface area (Å²) in [6.07, 6.45) is 1.83. The molecule has 27 heavy (non-hydrogen) atoms. The van der Waals surface area contributed by atoms with Gasteiger partial charge in [-0.15, -0.1) is 21.5 Å². The molecule has 2 atom stereocenters. The number of rotatable bonds is 8. The Labute approximate surface area is 167 Å². The summed E-state index contributed by atoms with van der Waals surface area (Å²) in [7, 11) is 0. The number of amides is 1. The van der Waals surface area contributed by atoms with Crippen LogP contribution in [-0.4, -0.2) is 32.1 Å². The lowest BCUT2D eigenvalue weighted by atomic mass is 10.1. The number of nitrogen functional groups attached to an aromatic ring is 1. The Balaban J connectivity index is 1.52. The molecule has 0 aliphatic heterocycles. The number of hydrogen-bond acceptors (Lipinski definition) is 6. The van der Waals surface area contributed by atoms with Crippen LogP contribution in [0.1, 0.15) is 25.8 Å². The van der Waals surface area contributed by atoms with Crippen molar-refractivity contribution in [1.82, 2.24) is 20.2 Å². The fourth-order valence-corrected chi connectivity index (χ4v) is 4.09. The van der Waals surface area contributed by atoms with Gasteiger partial charge >= 0.3 is 0 Å². The summed E-state index contributed by atoms with van der Waals surface area (Å²) in [6, 6.07) is 14.3. The molecule has 0 spiro atoms. The fourth-order valence-electron chi connectivity index (χ4n) is 2.60. The molecule has 0 aliphatic rings. The summed E-state index contributed by atoms with van der Waals surface area (Å²) in [5, 5.41) is 13.5. The van der Waals surface area contributed by atoms with Gasteiger partial charge in [-0.05, 0) is 43.7 Å². The Kier molecular flexibility index (Phi) is 6.52. The molecule has 0 unspecified atom stereocenters. The van der Waals surface area contributed by atoms with E-state index in [9.17, 15) is 4.79 Å². The van der Waals surface area contributed by atoms with Crippen molar-refractivity contribution in [2.45, 2.75) is 43.1 Å². The highest BCUT2D eigenvalue weighted by Gasteiger charge is 2.21. The lowest BCUT2D eigenvalue weighted by Gasteiger charge is -2.17. The second kappa shape index (κ2) is 9.05. The highest BCUT2D eigenvalue weighted by molar-refractivity contribution is 8.00. The predicted octanol–water partition coefficient (Wildman–Crippen LogP) is 3.34. The van der Waals surface area contributed by atoms with E-state index in [0.717, 1.165) is 17.7 Å². The van der Waals surface area contributed by atoms with Crippen LogP contribution < -0.4 is 11.2 Å². The number of aryl methyl sites for hydroxylation is 1. The second-order valence-electron chi connectivity index (χ2n) is 6.35. The highest BCUT2D eigenvalue weighted by Crippen LogP contribution is 2.27. The molecular weight excluding hydrogens is 378 g/mol. The number of thioether (sulfide) groups is 1. The van der Waals surface area contributed by atoms with Crippen molar-refractivity contribution in [3.8, 4) is 10.7 Å². The van der Waals surface area contributed by atoms with Crippen molar-refractivity contribution < 1.29 is 4.79 Å². The predicted molar refractivity (Wildman–Crippen MR) is 111 cm³/mol. The van der Waals surface area contributed by atoms with Crippen LogP contribution in [0.4, 0.5) is 0 Å². The standard InChI is InChI=1S/C19H23N5OS2/c1-13(10-11-15-7-4-3-5-8-15)21-18(25)14(2)27-19-23-22-17(24(19)20)16-9-6-12-26-16/h3-9,12-14H,10-11,20H2,1-2H3,(H,21,25)/t13-,14+/m0/s1. The van der Waals surface area contributed by atoms with E-state index >= 15 is 0 Å². The van der Waals surface area contributed by atoms with Crippen molar-refractivity contribution >= 4 is 29.0 Å². The monoisotopic (exact) mass is 401 g/mol. The molecule has 3 rings (SSSR count). The SMILES string of the molecule is C[C@@H](CCc1ccccc1)NC(=O)[C@@H](C)Sc1nnc(-c2cccs2)n1N. The molecule has 8 heteroatoms. The topological polar surface area (TPSA) is 85.8 Å². The molecule has 0 aliphatic carbocycles. The zero-order valence-electron chi connectivity index (χ0n) is 15.3. The molecule has 0 saturated carbocycles. The van der Waals surface area contributed by atoms with E-state index in [1.807, 2.05) is 49.6 Å². The van der Waals surface area contributed by atoms with Gasteiger partial charge in [0, 0.05) is 6.04 Å². The molecule has 3 N–H and O–H groups in total. The molecule has 6 nitrogen and oxygen atoms in total. The lowest BCUT2D eigenvalue weighted by molar-refractivity contribution is -0.120. The van der Waals surface area contributed by atoms with Crippen LogP contribution in [0.3, 0.4) is 0 Å². The maximum Gasteiger partial charge on any atom is 0.233 e. The maximum absolute atomic E-state index is 12.5. The van der Waals surface area contributed by atoms with Gasteiger partial charge < -0.3 is 11.2 Å². The Morgan fingerprint density at radius 2 is 2.00 bits per heavy atom. The summed E-state index contributed by atoms with van der Waals surface area (Å²) in [5.41, 5.74) is 1.28.